The Morgan fingerprint density at radius 3 is 2.83 bits per heavy atom. The van der Waals surface area contributed by atoms with Gasteiger partial charge in [-0.05, 0) is 76.9 Å². The van der Waals surface area contributed by atoms with E-state index in [-0.39, 0.29) is 18.3 Å². The van der Waals surface area contributed by atoms with E-state index >= 15 is 0 Å². The number of carbonyl (C=O) groups is 1. The molecule has 1 N–H and O–H groups in total. The number of benzene rings is 2. The molecule has 6 nitrogen and oxygen atoms in total. The van der Waals surface area contributed by atoms with Crippen LogP contribution >= 0.6 is 34.4 Å². The fourth-order valence-electron chi connectivity index (χ4n) is 2.64. The van der Waals surface area contributed by atoms with Crippen LogP contribution in [0.4, 0.5) is 5.69 Å². The molecule has 0 aliphatic carbocycles. The van der Waals surface area contributed by atoms with E-state index in [1.54, 1.807) is 0 Å². The Morgan fingerprint density at radius 1 is 1.24 bits per heavy atom. The van der Waals surface area contributed by atoms with Crippen molar-refractivity contribution in [2.75, 3.05) is 11.1 Å². The molecule has 0 bridgehead atoms. The Bertz CT molecular complexity index is 991. The topological polar surface area (TPSA) is 77.2 Å². The van der Waals surface area contributed by atoms with Crippen molar-refractivity contribution in [3.05, 3.63) is 63.1 Å². The van der Waals surface area contributed by atoms with Gasteiger partial charge < -0.3 is 14.5 Å². The third kappa shape index (κ3) is 6.46. The van der Waals surface area contributed by atoms with Crippen molar-refractivity contribution in [1.29, 1.82) is 0 Å². The quantitative estimate of drug-likeness (QED) is 0.314. The van der Waals surface area contributed by atoms with E-state index in [2.05, 4.69) is 58.0 Å². The molecule has 0 spiro atoms. The number of nitrogens with one attached hydrogen (secondary N) is 1. The lowest BCUT2D eigenvalue weighted by Gasteiger charge is -2.14. The van der Waals surface area contributed by atoms with Gasteiger partial charge in [0.2, 0.25) is 5.91 Å². The van der Waals surface area contributed by atoms with Crippen LogP contribution in [0.1, 0.15) is 36.8 Å². The summed E-state index contributed by atoms with van der Waals surface area (Å²) in [5.74, 6) is 1.50. The first-order valence-corrected chi connectivity index (χ1v) is 11.2. The number of hydrogen-bond donors (Lipinski definition) is 1. The van der Waals surface area contributed by atoms with Gasteiger partial charge in [-0.25, -0.2) is 0 Å². The van der Waals surface area contributed by atoms with E-state index < -0.39 is 0 Å². The third-order valence-electron chi connectivity index (χ3n) is 4.04. The predicted octanol–water partition coefficient (Wildman–Crippen LogP) is 5.42. The molecule has 0 radical (unpaired) electrons. The van der Waals surface area contributed by atoms with Crippen molar-refractivity contribution >= 4 is 45.9 Å². The maximum atomic E-state index is 12.3. The van der Waals surface area contributed by atoms with Gasteiger partial charge in [0.1, 0.15) is 5.75 Å². The summed E-state index contributed by atoms with van der Waals surface area (Å²) in [6.45, 7) is 6.40. The standard InChI is InChI=1S/C21H22IN3O3S/c1-13(2)17-10-15(22)7-8-18(17)23-19(26)12-29-21-25-24-20(28-21)11-27-16-6-4-5-14(3)9-16/h4-10,13H,11-12H2,1-3H3,(H,23,26). The Morgan fingerprint density at radius 2 is 2.07 bits per heavy atom. The predicted molar refractivity (Wildman–Crippen MR) is 122 cm³/mol. The summed E-state index contributed by atoms with van der Waals surface area (Å²) >= 11 is 3.47. The van der Waals surface area contributed by atoms with Gasteiger partial charge in [0.25, 0.3) is 11.1 Å². The molecule has 29 heavy (non-hydrogen) atoms. The van der Waals surface area contributed by atoms with Gasteiger partial charge in [-0.1, -0.05) is 37.7 Å². The van der Waals surface area contributed by atoms with Gasteiger partial charge in [0.05, 0.1) is 5.75 Å². The minimum absolute atomic E-state index is 0.117. The van der Waals surface area contributed by atoms with Crippen molar-refractivity contribution in [2.24, 2.45) is 0 Å². The molecule has 0 aliphatic rings. The van der Waals surface area contributed by atoms with Gasteiger partial charge in [-0.15, -0.1) is 10.2 Å². The fourth-order valence-corrected chi connectivity index (χ4v) is 3.74. The number of amides is 1. The first-order valence-electron chi connectivity index (χ1n) is 9.14. The van der Waals surface area contributed by atoms with Gasteiger partial charge >= 0.3 is 0 Å². The summed E-state index contributed by atoms with van der Waals surface area (Å²) in [6, 6.07) is 13.7. The van der Waals surface area contributed by atoms with Crippen LogP contribution in [0.15, 0.2) is 52.1 Å². The Labute approximate surface area is 188 Å². The molecular formula is C21H22IN3O3S. The fraction of sp³-hybridized carbons (Fsp3) is 0.286. The van der Waals surface area contributed by atoms with E-state index in [0.717, 1.165) is 26.1 Å². The number of carbonyl (C=O) groups excluding carboxylic acids is 1. The van der Waals surface area contributed by atoms with Crippen LogP contribution in [-0.4, -0.2) is 21.9 Å². The summed E-state index contributed by atoms with van der Waals surface area (Å²) in [5, 5.41) is 11.2. The molecule has 0 unspecified atom stereocenters. The largest absolute Gasteiger partial charge is 0.484 e. The summed E-state index contributed by atoms with van der Waals surface area (Å²) in [5.41, 5.74) is 3.07. The van der Waals surface area contributed by atoms with Crippen LogP contribution in [0.3, 0.4) is 0 Å². The average molecular weight is 523 g/mol. The molecule has 152 valence electrons. The molecule has 1 heterocycles. The number of halogens is 1. The number of aromatic nitrogens is 2. The van der Waals surface area contributed by atoms with Crippen molar-refractivity contribution < 1.29 is 13.9 Å². The highest BCUT2D eigenvalue weighted by Gasteiger charge is 2.13. The van der Waals surface area contributed by atoms with Crippen molar-refractivity contribution in [3.8, 4) is 5.75 Å². The third-order valence-corrected chi connectivity index (χ3v) is 5.53. The van der Waals surface area contributed by atoms with Crippen LogP contribution < -0.4 is 10.1 Å². The second kappa shape index (κ2) is 10.1. The second-order valence-corrected chi connectivity index (χ2v) is 8.96. The first kappa shape index (κ1) is 21.6. The van der Waals surface area contributed by atoms with Crippen LogP contribution in [0.2, 0.25) is 0 Å². The number of aryl methyl sites for hydroxylation is 1. The molecule has 0 saturated heterocycles. The molecule has 3 rings (SSSR count). The molecule has 1 amide bonds. The second-order valence-electron chi connectivity index (χ2n) is 6.79. The number of thioether (sulfide) groups is 1. The Balaban J connectivity index is 1.51. The highest BCUT2D eigenvalue weighted by atomic mass is 127. The Hall–Kier alpha value is -2.07. The monoisotopic (exact) mass is 523 g/mol. The molecule has 1 aromatic heterocycles. The number of rotatable bonds is 8. The molecule has 0 saturated carbocycles. The van der Waals surface area contributed by atoms with Crippen molar-refractivity contribution in [2.45, 2.75) is 38.5 Å². The summed E-state index contributed by atoms with van der Waals surface area (Å²) in [4.78, 5) is 12.3. The zero-order valence-corrected chi connectivity index (χ0v) is 19.4. The number of anilines is 1. The highest BCUT2D eigenvalue weighted by Crippen LogP contribution is 2.27. The van der Waals surface area contributed by atoms with Crippen LogP contribution in [-0.2, 0) is 11.4 Å². The van der Waals surface area contributed by atoms with Crippen LogP contribution in [0, 0.1) is 10.5 Å². The van der Waals surface area contributed by atoms with E-state index in [4.69, 9.17) is 9.15 Å². The van der Waals surface area contributed by atoms with Crippen molar-refractivity contribution in [3.63, 3.8) is 0 Å². The lowest BCUT2D eigenvalue weighted by Crippen LogP contribution is -2.15. The van der Waals surface area contributed by atoms with Gasteiger partial charge in [-0.2, -0.15) is 0 Å². The Kier molecular flexibility index (Phi) is 7.54. The smallest absolute Gasteiger partial charge is 0.277 e. The summed E-state index contributed by atoms with van der Waals surface area (Å²) in [7, 11) is 0. The molecular weight excluding hydrogens is 501 g/mol. The molecule has 3 aromatic rings. The van der Waals surface area contributed by atoms with Gasteiger partial charge in [0.15, 0.2) is 6.61 Å². The van der Waals surface area contributed by atoms with Crippen LogP contribution in [0.5, 0.6) is 5.75 Å². The summed E-state index contributed by atoms with van der Waals surface area (Å²) < 4.78 is 12.3. The van der Waals surface area contributed by atoms with Gasteiger partial charge in [-0.3, -0.25) is 4.79 Å². The van der Waals surface area contributed by atoms with E-state index in [1.165, 1.54) is 11.8 Å². The lowest BCUT2D eigenvalue weighted by atomic mass is 10.0. The lowest BCUT2D eigenvalue weighted by molar-refractivity contribution is -0.113. The van der Waals surface area contributed by atoms with Crippen LogP contribution in [0.25, 0.3) is 0 Å². The zero-order valence-electron chi connectivity index (χ0n) is 16.4. The van der Waals surface area contributed by atoms with E-state index in [0.29, 0.717) is 17.0 Å². The number of nitrogens with zero attached hydrogens (tertiary/aromatic N) is 2. The maximum Gasteiger partial charge on any atom is 0.277 e. The van der Waals surface area contributed by atoms with E-state index in [9.17, 15) is 4.79 Å². The van der Waals surface area contributed by atoms with Crippen molar-refractivity contribution in [1.82, 2.24) is 10.2 Å². The number of ether oxygens (including phenoxy) is 1. The first-order chi connectivity index (χ1) is 13.9. The molecule has 0 fully saturated rings. The molecule has 0 atom stereocenters. The minimum Gasteiger partial charge on any atom is -0.484 e. The van der Waals surface area contributed by atoms with E-state index in [1.807, 2.05) is 43.3 Å². The highest BCUT2D eigenvalue weighted by molar-refractivity contribution is 14.1. The zero-order chi connectivity index (χ0) is 20.8. The van der Waals surface area contributed by atoms with Gasteiger partial charge in [0, 0.05) is 9.26 Å². The maximum absolute atomic E-state index is 12.3. The minimum atomic E-state index is -0.117. The average Bonchev–Trinajstić information content (AvgIpc) is 3.14. The molecule has 8 heteroatoms. The summed E-state index contributed by atoms with van der Waals surface area (Å²) in [6.07, 6.45) is 0. The normalized spacial score (nSPS) is 10.9. The molecule has 0 aliphatic heterocycles. The molecule has 2 aromatic carbocycles. The SMILES string of the molecule is Cc1cccc(OCc2nnc(SCC(=O)Nc3ccc(I)cc3C(C)C)o2)c1. The number of hydrogen-bond acceptors (Lipinski definition) is 6.